The van der Waals surface area contributed by atoms with Gasteiger partial charge in [-0.2, -0.15) is 0 Å². The van der Waals surface area contributed by atoms with Gasteiger partial charge in [0.1, 0.15) is 0 Å². The van der Waals surface area contributed by atoms with Gasteiger partial charge in [-0.1, -0.05) is 46.7 Å². The molecule has 1 heterocycles. The number of benzene rings is 1. The third-order valence-electron chi connectivity index (χ3n) is 1.72. The van der Waals surface area contributed by atoms with Crippen LogP contribution < -0.4 is 5.32 Å². The summed E-state index contributed by atoms with van der Waals surface area (Å²) in [6, 6.07) is 7.61. The lowest BCUT2D eigenvalue weighted by Crippen LogP contribution is -2.18. The maximum atomic E-state index is 11.2. The van der Waals surface area contributed by atoms with Gasteiger partial charge in [-0.15, -0.1) is 0 Å². The second kappa shape index (κ2) is 4.35. The number of halogens is 2. The zero-order valence-corrected chi connectivity index (χ0v) is 9.73. The van der Waals surface area contributed by atoms with E-state index in [1.165, 1.54) is 11.3 Å². The lowest BCUT2D eigenvalue weighted by Gasteiger charge is -1.99. The van der Waals surface area contributed by atoms with Gasteiger partial charge in [-0.05, 0) is 12.1 Å². The van der Waals surface area contributed by atoms with E-state index in [0.29, 0.717) is 5.13 Å². The Bertz CT molecular complexity index is 465. The second-order valence-corrected chi connectivity index (χ2v) is 4.90. The van der Waals surface area contributed by atoms with Crippen molar-refractivity contribution < 1.29 is 4.79 Å². The number of fused-ring (bicyclic) bond motifs is 1. The average molecular weight is 261 g/mol. The molecule has 0 bridgehead atoms. The van der Waals surface area contributed by atoms with E-state index < -0.39 is 10.7 Å². The number of carbonyl (C=O) groups excluding carboxylic acids is 1. The summed E-state index contributed by atoms with van der Waals surface area (Å²) in [5.41, 5.74) is 0.846. The molecule has 0 aliphatic carbocycles. The molecule has 0 atom stereocenters. The van der Waals surface area contributed by atoms with Gasteiger partial charge in [0, 0.05) is 0 Å². The van der Waals surface area contributed by atoms with Crippen LogP contribution in [0.2, 0.25) is 0 Å². The number of carbonyl (C=O) groups is 1. The van der Waals surface area contributed by atoms with Crippen molar-refractivity contribution in [1.82, 2.24) is 4.98 Å². The maximum Gasteiger partial charge on any atom is 0.259 e. The Labute approximate surface area is 100 Å². The number of para-hydroxylation sites is 1. The van der Waals surface area contributed by atoms with E-state index in [4.69, 9.17) is 23.2 Å². The Hall–Kier alpha value is -0.840. The highest BCUT2D eigenvalue weighted by Gasteiger charge is 2.13. The summed E-state index contributed by atoms with van der Waals surface area (Å²) in [6.07, 6.45) is 0. The molecule has 0 aliphatic heterocycles. The zero-order chi connectivity index (χ0) is 10.8. The van der Waals surface area contributed by atoms with Crippen LogP contribution in [0.1, 0.15) is 0 Å². The van der Waals surface area contributed by atoms with Crippen molar-refractivity contribution in [3.63, 3.8) is 0 Å². The molecule has 1 aromatic carbocycles. The topological polar surface area (TPSA) is 42.0 Å². The fourth-order valence-corrected chi connectivity index (χ4v) is 2.06. The summed E-state index contributed by atoms with van der Waals surface area (Å²) in [4.78, 5) is 14.3. The van der Waals surface area contributed by atoms with Crippen molar-refractivity contribution in [3.05, 3.63) is 24.3 Å². The van der Waals surface area contributed by atoms with E-state index in [2.05, 4.69) is 10.3 Å². The van der Waals surface area contributed by atoms with Crippen molar-refractivity contribution in [3.8, 4) is 0 Å². The molecule has 1 N–H and O–H groups in total. The van der Waals surface area contributed by atoms with Crippen LogP contribution in [-0.2, 0) is 4.79 Å². The van der Waals surface area contributed by atoms with Crippen molar-refractivity contribution in [2.45, 2.75) is 4.84 Å². The van der Waals surface area contributed by atoms with Gasteiger partial charge in [0.05, 0.1) is 10.2 Å². The van der Waals surface area contributed by atoms with Gasteiger partial charge in [0.25, 0.3) is 5.91 Å². The van der Waals surface area contributed by atoms with Gasteiger partial charge in [-0.3, -0.25) is 10.1 Å². The normalized spacial score (nSPS) is 10.9. The maximum absolute atomic E-state index is 11.2. The van der Waals surface area contributed by atoms with Crippen LogP contribution in [0.15, 0.2) is 24.3 Å². The minimum absolute atomic E-state index is 0.461. The van der Waals surface area contributed by atoms with Crippen LogP contribution >= 0.6 is 34.5 Å². The van der Waals surface area contributed by atoms with Crippen LogP contribution in [-0.4, -0.2) is 15.7 Å². The van der Waals surface area contributed by atoms with E-state index in [0.717, 1.165) is 10.2 Å². The highest BCUT2D eigenvalue weighted by molar-refractivity contribution is 7.22. The molecule has 1 aromatic heterocycles. The molecule has 15 heavy (non-hydrogen) atoms. The first-order valence-corrected chi connectivity index (χ1v) is 5.80. The summed E-state index contributed by atoms with van der Waals surface area (Å²) in [7, 11) is 0. The van der Waals surface area contributed by atoms with Crippen LogP contribution in [0.25, 0.3) is 10.2 Å². The number of anilines is 1. The highest BCUT2D eigenvalue weighted by Crippen LogP contribution is 2.25. The SMILES string of the molecule is O=C(Nc1nc2ccccc2s1)C(Cl)Cl. The fourth-order valence-electron chi connectivity index (χ4n) is 1.09. The van der Waals surface area contributed by atoms with Crippen molar-refractivity contribution in [2.75, 3.05) is 5.32 Å². The monoisotopic (exact) mass is 260 g/mol. The third kappa shape index (κ3) is 2.40. The molecule has 2 rings (SSSR count). The molecule has 0 fully saturated rings. The third-order valence-corrected chi connectivity index (χ3v) is 3.07. The fraction of sp³-hybridized carbons (Fsp3) is 0.111. The molecule has 0 radical (unpaired) electrons. The lowest BCUT2D eigenvalue weighted by atomic mass is 10.3. The average Bonchev–Trinajstić information content (AvgIpc) is 2.59. The minimum Gasteiger partial charge on any atom is -0.300 e. The highest BCUT2D eigenvalue weighted by atomic mass is 35.5. The predicted molar refractivity (Wildman–Crippen MR) is 63.7 cm³/mol. The lowest BCUT2D eigenvalue weighted by molar-refractivity contribution is -0.114. The molecule has 2 aromatic rings. The first kappa shape index (κ1) is 10.7. The molecule has 1 amide bonds. The largest absolute Gasteiger partial charge is 0.300 e. The van der Waals surface area contributed by atoms with E-state index in [-0.39, 0.29) is 0 Å². The minimum atomic E-state index is -1.07. The molecular weight excluding hydrogens is 255 g/mol. The van der Waals surface area contributed by atoms with Crippen molar-refractivity contribution in [2.24, 2.45) is 0 Å². The number of alkyl halides is 2. The summed E-state index contributed by atoms with van der Waals surface area (Å²) in [5.74, 6) is -0.461. The number of nitrogens with one attached hydrogen (secondary N) is 1. The summed E-state index contributed by atoms with van der Waals surface area (Å²) >= 11 is 12.2. The Morgan fingerprint density at radius 1 is 1.40 bits per heavy atom. The number of nitrogens with zero attached hydrogens (tertiary/aromatic N) is 1. The molecule has 0 saturated carbocycles. The molecule has 0 spiro atoms. The molecular formula is C9H6Cl2N2OS. The smallest absolute Gasteiger partial charge is 0.259 e. The first-order chi connectivity index (χ1) is 7.16. The Morgan fingerprint density at radius 3 is 2.80 bits per heavy atom. The zero-order valence-electron chi connectivity index (χ0n) is 7.41. The molecule has 6 heteroatoms. The van der Waals surface area contributed by atoms with Gasteiger partial charge in [0.15, 0.2) is 9.97 Å². The first-order valence-electron chi connectivity index (χ1n) is 4.11. The quantitative estimate of drug-likeness (QED) is 0.844. The van der Waals surface area contributed by atoms with E-state index in [1.807, 2.05) is 24.3 Å². The van der Waals surface area contributed by atoms with Gasteiger partial charge >= 0.3 is 0 Å². The van der Waals surface area contributed by atoms with Crippen molar-refractivity contribution in [1.29, 1.82) is 0 Å². The molecule has 0 unspecified atom stereocenters. The number of aromatic nitrogens is 1. The molecule has 0 aliphatic rings. The Morgan fingerprint density at radius 2 is 2.13 bits per heavy atom. The standard InChI is InChI=1S/C9H6Cl2N2OS/c10-7(11)8(14)13-9-12-5-3-1-2-4-6(5)15-9/h1-4,7H,(H,12,13,14). The van der Waals surface area contributed by atoms with Gasteiger partial charge in [-0.25, -0.2) is 4.98 Å². The second-order valence-electron chi connectivity index (χ2n) is 2.78. The Kier molecular flexibility index (Phi) is 3.09. The molecule has 78 valence electrons. The van der Waals surface area contributed by atoms with Gasteiger partial charge in [0.2, 0.25) is 0 Å². The number of hydrogen-bond donors (Lipinski definition) is 1. The summed E-state index contributed by atoms with van der Waals surface area (Å²) in [6.45, 7) is 0. The molecule has 0 saturated heterocycles. The van der Waals surface area contributed by atoms with Crippen LogP contribution in [0.4, 0.5) is 5.13 Å². The van der Waals surface area contributed by atoms with E-state index in [1.54, 1.807) is 0 Å². The van der Waals surface area contributed by atoms with Crippen LogP contribution in [0.5, 0.6) is 0 Å². The predicted octanol–water partition coefficient (Wildman–Crippen LogP) is 3.04. The number of thiazole rings is 1. The Balaban J connectivity index is 2.26. The van der Waals surface area contributed by atoms with Crippen LogP contribution in [0, 0.1) is 0 Å². The van der Waals surface area contributed by atoms with E-state index in [9.17, 15) is 4.79 Å². The number of hydrogen-bond acceptors (Lipinski definition) is 3. The number of amides is 1. The van der Waals surface area contributed by atoms with E-state index >= 15 is 0 Å². The van der Waals surface area contributed by atoms with Gasteiger partial charge < -0.3 is 0 Å². The van der Waals surface area contributed by atoms with Crippen molar-refractivity contribution >= 4 is 55.8 Å². The summed E-state index contributed by atoms with van der Waals surface area (Å²) in [5, 5.41) is 3.04. The summed E-state index contributed by atoms with van der Waals surface area (Å²) < 4.78 is 1.01. The number of rotatable bonds is 2. The molecule has 3 nitrogen and oxygen atoms in total. The van der Waals surface area contributed by atoms with Crippen LogP contribution in [0.3, 0.4) is 0 Å².